The summed E-state index contributed by atoms with van der Waals surface area (Å²) in [5, 5.41) is 0. The molecule has 0 aliphatic carbocycles. The quantitative estimate of drug-likeness (QED) is 0.103. The largest absolute Gasteiger partial charge is 0.140 e. The average Bonchev–Trinajstić information content (AvgIpc) is 3.71. The molecule has 0 aromatic carbocycles. The van der Waals surface area contributed by atoms with Crippen molar-refractivity contribution in [2.24, 2.45) is 0 Å². The molecule has 0 unspecified atom stereocenters. The molecule has 0 spiro atoms. The van der Waals surface area contributed by atoms with E-state index in [1.54, 1.807) is 4.88 Å². The second-order valence-electron chi connectivity index (χ2n) is 10.4. The molecule has 6 rings (SSSR count). The highest BCUT2D eigenvalue weighted by atomic mass is 79.9. The number of fused-ring (bicyclic) bond motifs is 3. The Balaban J connectivity index is 1.07. The van der Waals surface area contributed by atoms with Crippen molar-refractivity contribution in [1.29, 1.82) is 0 Å². The third kappa shape index (κ3) is 6.64. The molecule has 0 bridgehead atoms. The number of hydrogen-bond acceptors (Lipinski definition) is 6. The normalized spacial score (nSPS) is 12.2. The van der Waals surface area contributed by atoms with Crippen molar-refractivity contribution < 1.29 is 0 Å². The van der Waals surface area contributed by atoms with Crippen molar-refractivity contribution in [2.75, 3.05) is 0 Å². The van der Waals surface area contributed by atoms with Crippen LogP contribution in [0.5, 0.6) is 0 Å². The van der Waals surface area contributed by atoms with Gasteiger partial charge >= 0.3 is 0 Å². The molecule has 0 nitrogen and oxygen atoms in total. The van der Waals surface area contributed by atoms with Crippen LogP contribution in [-0.4, -0.2) is 0 Å². The van der Waals surface area contributed by atoms with Gasteiger partial charge in [-0.2, -0.15) is 0 Å². The minimum atomic E-state index is 1.02. The van der Waals surface area contributed by atoms with E-state index in [9.17, 15) is 0 Å². The fourth-order valence-electron chi connectivity index (χ4n) is 5.19. The van der Waals surface area contributed by atoms with Gasteiger partial charge in [0, 0.05) is 69.8 Å². The van der Waals surface area contributed by atoms with Crippen LogP contribution in [0.2, 0.25) is 0 Å². The second-order valence-corrected chi connectivity index (χ2v) is 19.0. The third-order valence-electron chi connectivity index (χ3n) is 7.18. The maximum Gasteiger partial charge on any atom is 0.0610 e. The van der Waals surface area contributed by atoms with Crippen molar-refractivity contribution in [3.05, 3.63) is 62.5 Å². The minimum absolute atomic E-state index is 1.02. The molecule has 206 valence electrons. The predicted molar refractivity (Wildman–Crippen MR) is 191 cm³/mol. The zero-order chi connectivity index (χ0) is 26.9. The molecule has 0 atom stereocenters. The lowest BCUT2D eigenvalue weighted by atomic mass is 10.1. The average molecular weight is 757 g/mol. The zero-order valence-electron chi connectivity index (χ0n) is 22.3. The maximum atomic E-state index is 3.99. The van der Waals surface area contributed by atoms with Crippen LogP contribution < -0.4 is 0 Å². The summed E-state index contributed by atoms with van der Waals surface area (Å²) in [6.45, 7) is 4.49. The molecule has 39 heavy (non-hydrogen) atoms. The number of rotatable bonds is 13. The Hall–Kier alpha value is -0.0600. The number of halogens is 2. The molecule has 0 aliphatic rings. The molecule has 0 fully saturated rings. The summed E-state index contributed by atoms with van der Waals surface area (Å²) in [6.07, 6.45) is 14.4. The van der Waals surface area contributed by atoms with Crippen molar-refractivity contribution in [3.8, 4) is 0 Å². The first kappa shape index (κ1) is 29.0. The van der Waals surface area contributed by atoms with Crippen LogP contribution in [0.1, 0.15) is 87.6 Å². The smallest absolute Gasteiger partial charge is 0.0610 e. The second kappa shape index (κ2) is 13.1. The first-order valence-corrected chi connectivity index (χ1v) is 20.3. The lowest BCUT2D eigenvalue weighted by Crippen LogP contribution is -1.83. The van der Waals surface area contributed by atoms with Gasteiger partial charge in [0.15, 0.2) is 0 Å². The highest BCUT2D eigenvalue weighted by molar-refractivity contribution is 9.11. The molecular weight excluding hydrogens is 725 g/mol. The van der Waals surface area contributed by atoms with Gasteiger partial charge in [0.2, 0.25) is 0 Å². The first-order valence-electron chi connectivity index (χ1n) is 13.9. The van der Waals surface area contributed by atoms with Crippen LogP contribution in [0, 0.1) is 6.92 Å². The van der Waals surface area contributed by atoms with Crippen LogP contribution in [0.4, 0.5) is 0 Å². The summed E-state index contributed by atoms with van der Waals surface area (Å²) in [5.74, 6) is 0. The Labute approximate surface area is 272 Å². The van der Waals surface area contributed by atoms with Gasteiger partial charge < -0.3 is 0 Å². The Bertz CT molecular complexity index is 1640. The number of thiophene rings is 6. The van der Waals surface area contributed by atoms with E-state index >= 15 is 0 Å². The standard InChI is InChI=1S/C31H32Br2S6/c1-3-4-5-6-7-8-9-10-11-19-13-24-25(35-19)15-21(37-24)17-27-29(33)31-30(39-27)28(32)26(38-31)16-20-14-23-22(36-20)12-18(2)34-23/h12-15H,3-11,16-17H2,1-2H3. The van der Waals surface area contributed by atoms with Gasteiger partial charge in [-0.05, 0) is 75.9 Å². The summed E-state index contributed by atoms with van der Waals surface area (Å²) in [6, 6.07) is 9.64. The van der Waals surface area contributed by atoms with E-state index in [1.165, 1.54) is 119 Å². The molecule has 0 saturated carbocycles. The molecule has 6 heterocycles. The fourth-order valence-corrected chi connectivity index (χ4v) is 14.7. The van der Waals surface area contributed by atoms with Crippen LogP contribution in [0.3, 0.4) is 0 Å². The van der Waals surface area contributed by atoms with E-state index in [1.807, 2.05) is 68.0 Å². The summed E-state index contributed by atoms with van der Waals surface area (Å²) < 4.78 is 11.2. The van der Waals surface area contributed by atoms with Crippen LogP contribution in [0.25, 0.3) is 28.2 Å². The lowest BCUT2D eigenvalue weighted by molar-refractivity contribution is 0.576. The molecule has 8 heteroatoms. The molecule has 0 saturated heterocycles. The van der Waals surface area contributed by atoms with Crippen LogP contribution in [-0.2, 0) is 19.3 Å². The molecule has 0 amide bonds. The lowest BCUT2D eigenvalue weighted by Gasteiger charge is -2.00. The Morgan fingerprint density at radius 3 is 1.56 bits per heavy atom. The van der Waals surface area contributed by atoms with Crippen LogP contribution in [0.15, 0.2) is 33.2 Å². The fraction of sp³-hybridized carbons (Fsp3) is 0.419. The van der Waals surface area contributed by atoms with E-state index in [0.29, 0.717) is 0 Å². The van der Waals surface area contributed by atoms with Gasteiger partial charge in [-0.1, -0.05) is 51.9 Å². The van der Waals surface area contributed by atoms with Crippen molar-refractivity contribution in [1.82, 2.24) is 0 Å². The van der Waals surface area contributed by atoms with Gasteiger partial charge in [0.25, 0.3) is 0 Å². The van der Waals surface area contributed by atoms with Gasteiger partial charge in [-0.3, -0.25) is 0 Å². The summed E-state index contributed by atoms with van der Waals surface area (Å²) in [5.41, 5.74) is 0. The summed E-state index contributed by atoms with van der Waals surface area (Å²) >= 11 is 19.7. The maximum absolute atomic E-state index is 3.99. The van der Waals surface area contributed by atoms with Gasteiger partial charge in [-0.25, -0.2) is 0 Å². The highest BCUT2D eigenvalue weighted by Crippen LogP contribution is 2.48. The molecule has 0 radical (unpaired) electrons. The third-order valence-corrected chi connectivity index (χ3v) is 17.1. The predicted octanol–water partition coefficient (Wildman–Crippen LogP) is 14.2. The van der Waals surface area contributed by atoms with Crippen molar-refractivity contribution in [3.63, 3.8) is 0 Å². The Morgan fingerprint density at radius 2 is 1.00 bits per heavy atom. The van der Waals surface area contributed by atoms with Gasteiger partial charge in [0.05, 0.1) is 9.40 Å². The van der Waals surface area contributed by atoms with E-state index < -0.39 is 0 Å². The molecule has 0 aliphatic heterocycles. The van der Waals surface area contributed by atoms with E-state index in [4.69, 9.17) is 0 Å². The number of unbranched alkanes of at least 4 members (excludes halogenated alkanes) is 7. The monoisotopic (exact) mass is 754 g/mol. The van der Waals surface area contributed by atoms with E-state index in [-0.39, 0.29) is 0 Å². The zero-order valence-corrected chi connectivity index (χ0v) is 30.4. The molecule has 6 aromatic rings. The minimum Gasteiger partial charge on any atom is -0.140 e. The van der Waals surface area contributed by atoms with Crippen molar-refractivity contribution >= 4 is 128 Å². The Kier molecular flexibility index (Phi) is 9.73. The van der Waals surface area contributed by atoms with Crippen LogP contribution >= 0.6 is 99.9 Å². The highest BCUT2D eigenvalue weighted by Gasteiger charge is 2.20. The van der Waals surface area contributed by atoms with Gasteiger partial charge in [0.1, 0.15) is 0 Å². The molecule has 6 aromatic heterocycles. The van der Waals surface area contributed by atoms with E-state index in [2.05, 4.69) is 70.0 Å². The van der Waals surface area contributed by atoms with Crippen molar-refractivity contribution in [2.45, 2.75) is 84.5 Å². The molecule has 0 N–H and O–H groups in total. The van der Waals surface area contributed by atoms with Gasteiger partial charge in [-0.15, -0.1) is 68.0 Å². The van der Waals surface area contributed by atoms with E-state index in [0.717, 1.165) is 12.8 Å². The molecular formula is C31H32Br2S6. The topological polar surface area (TPSA) is 0 Å². The summed E-state index contributed by atoms with van der Waals surface area (Å²) in [4.78, 5) is 8.81. The number of hydrogen-bond donors (Lipinski definition) is 0. The number of aryl methyl sites for hydroxylation is 2. The first-order chi connectivity index (χ1) is 19.0. The summed E-state index contributed by atoms with van der Waals surface area (Å²) in [7, 11) is 0. The Morgan fingerprint density at radius 1 is 0.538 bits per heavy atom. The SMILES string of the molecule is CCCCCCCCCCc1cc2sc(Cc3sc4c(Br)c(Cc5cc6sc(C)cc6s5)sc4c3Br)cc2s1.